The second-order valence-electron chi connectivity index (χ2n) is 4.79. The molecule has 0 aliphatic carbocycles. The highest BCUT2D eigenvalue weighted by Gasteiger charge is 2.34. The number of esters is 1. The largest absolute Gasteiger partial charge is 0.481 e. The van der Waals surface area contributed by atoms with Crippen LogP contribution in [0.25, 0.3) is 0 Å². The predicted octanol–water partition coefficient (Wildman–Crippen LogP) is 1.07. The van der Waals surface area contributed by atoms with E-state index in [0.717, 1.165) is 5.56 Å². The van der Waals surface area contributed by atoms with Crippen molar-refractivity contribution in [3.8, 4) is 5.88 Å². The summed E-state index contributed by atoms with van der Waals surface area (Å²) in [6.07, 6.45) is 1.79. The summed E-state index contributed by atoms with van der Waals surface area (Å²) < 4.78 is 9.87. The first kappa shape index (κ1) is 14.1. The second-order valence-corrected chi connectivity index (χ2v) is 4.79. The van der Waals surface area contributed by atoms with Crippen molar-refractivity contribution in [3.63, 3.8) is 0 Å². The Balaban J connectivity index is 2.11. The molecule has 22 heavy (non-hydrogen) atoms. The topological polar surface area (TPSA) is 106 Å². The molecule has 3 heterocycles. The number of carbonyl (C=O) groups is 2. The van der Waals surface area contributed by atoms with E-state index in [2.05, 4.69) is 20.5 Å². The minimum atomic E-state index is -0.532. The molecule has 1 unspecified atom stereocenters. The van der Waals surface area contributed by atoms with E-state index in [9.17, 15) is 9.59 Å². The summed E-state index contributed by atoms with van der Waals surface area (Å²) in [6.45, 7) is 0. The molecule has 8 heteroatoms. The van der Waals surface area contributed by atoms with Crippen molar-refractivity contribution in [1.29, 1.82) is 0 Å². The van der Waals surface area contributed by atoms with Gasteiger partial charge in [-0.2, -0.15) is 5.10 Å². The number of anilines is 1. The standard InChI is InChI=1S/C14H14N4O4/c1-21-10-5-7(3-4-15-10)8-6-9(19)16-13-11(8)12(17-18-13)14(20)22-2/h3-5,8H,6H2,1-2H3,(H2,16,17,18,19). The van der Waals surface area contributed by atoms with Crippen molar-refractivity contribution >= 4 is 17.7 Å². The zero-order valence-corrected chi connectivity index (χ0v) is 12.0. The number of methoxy groups -OCH3 is 2. The second kappa shape index (κ2) is 5.47. The highest BCUT2D eigenvalue weighted by Crippen LogP contribution is 2.38. The monoisotopic (exact) mass is 302 g/mol. The van der Waals surface area contributed by atoms with Crippen LogP contribution in [0.5, 0.6) is 5.88 Å². The van der Waals surface area contributed by atoms with E-state index < -0.39 is 5.97 Å². The molecule has 1 atom stereocenters. The fourth-order valence-corrected chi connectivity index (χ4v) is 2.55. The maximum atomic E-state index is 11.9. The van der Waals surface area contributed by atoms with Crippen LogP contribution in [-0.4, -0.2) is 41.3 Å². The Bertz CT molecular complexity index is 740. The van der Waals surface area contributed by atoms with Crippen molar-refractivity contribution < 1.29 is 19.1 Å². The molecule has 8 nitrogen and oxygen atoms in total. The molecule has 0 aromatic carbocycles. The summed E-state index contributed by atoms with van der Waals surface area (Å²) in [6, 6.07) is 3.52. The van der Waals surface area contributed by atoms with Gasteiger partial charge in [-0.05, 0) is 11.6 Å². The minimum Gasteiger partial charge on any atom is -0.481 e. The van der Waals surface area contributed by atoms with Gasteiger partial charge in [-0.15, -0.1) is 0 Å². The van der Waals surface area contributed by atoms with E-state index in [1.165, 1.54) is 14.2 Å². The molecule has 0 radical (unpaired) electrons. The lowest BCUT2D eigenvalue weighted by atomic mass is 9.86. The first-order valence-corrected chi connectivity index (χ1v) is 6.60. The van der Waals surface area contributed by atoms with E-state index in [0.29, 0.717) is 17.3 Å². The third-order valence-electron chi connectivity index (χ3n) is 3.56. The average Bonchev–Trinajstić information content (AvgIpc) is 2.97. The molecule has 114 valence electrons. The Morgan fingerprint density at radius 2 is 2.23 bits per heavy atom. The van der Waals surface area contributed by atoms with Gasteiger partial charge in [0, 0.05) is 30.2 Å². The number of nitrogens with one attached hydrogen (secondary N) is 2. The summed E-state index contributed by atoms with van der Waals surface area (Å²) >= 11 is 0. The highest BCUT2D eigenvalue weighted by atomic mass is 16.5. The van der Waals surface area contributed by atoms with Crippen LogP contribution < -0.4 is 10.1 Å². The van der Waals surface area contributed by atoms with Gasteiger partial charge in [-0.3, -0.25) is 9.89 Å². The van der Waals surface area contributed by atoms with Crippen molar-refractivity contribution in [3.05, 3.63) is 35.2 Å². The zero-order valence-electron chi connectivity index (χ0n) is 12.0. The van der Waals surface area contributed by atoms with E-state index in [1.54, 1.807) is 18.3 Å². The molecule has 0 fully saturated rings. The van der Waals surface area contributed by atoms with Crippen LogP contribution in [-0.2, 0) is 9.53 Å². The van der Waals surface area contributed by atoms with Gasteiger partial charge in [0.15, 0.2) is 5.82 Å². The number of hydrogen-bond donors (Lipinski definition) is 2. The van der Waals surface area contributed by atoms with Gasteiger partial charge < -0.3 is 14.8 Å². The summed E-state index contributed by atoms with van der Waals surface area (Å²) in [5.41, 5.74) is 1.66. The van der Waals surface area contributed by atoms with Crippen molar-refractivity contribution in [2.45, 2.75) is 12.3 Å². The molecule has 2 aromatic rings. The van der Waals surface area contributed by atoms with Crippen LogP contribution in [0, 0.1) is 0 Å². The maximum Gasteiger partial charge on any atom is 0.356 e. The summed E-state index contributed by atoms with van der Waals surface area (Å²) in [5, 5.41) is 9.27. The normalized spacial score (nSPS) is 16.6. The third kappa shape index (κ3) is 2.28. The summed E-state index contributed by atoms with van der Waals surface area (Å²) in [7, 11) is 2.81. The molecule has 0 saturated heterocycles. The van der Waals surface area contributed by atoms with Crippen LogP contribution in [0.4, 0.5) is 5.82 Å². The number of fused-ring (bicyclic) bond motifs is 1. The van der Waals surface area contributed by atoms with Gasteiger partial charge in [0.25, 0.3) is 0 Å². The fourth-order valence-electron chi connectivity index (χ4n) is 2.55. The fraction of sp³-hybridized carbons (Fsp3) is 0.286. The molecule has 0 spiro atoms. The highest BCUT2D eigenvalue weighted by molar-refractivity contribution is 5.98. The van der Waals surface area contributed by atoms with E-state index in [4.69, 9.17) is 9.47 Å². The lowest BCUT2D eigenvalue weighted by Gasteiger charge is -2.23. The predicted molar refractivity (Wildman–Crippen MR) is 75.8 cm³/mol. The van der Waals surface area contributed by atoms with Crippen molar-refractivity contribution in [1.82, 2.24) is 15.2 Å². The van der Waals surface area contributed by atoms with Gasteiger partial charge in [-0.25, -0.2) is 9.78 Å². The number of amides is 1. The smallest absolute Gasteiger partial charge is 0.356 e. The summed E-state index contributed by atoms with van der Waals surface area (Å²) in [4.78, 5) is 27.8. The lowest BCUT2D eigenvalue weighted by molar-refractivity contribution is -0.116. The molecular weight excluding hydrogens is 288 g/mol. The number of ether oxygens (including phenoxy) is 2. The number of carbonyl (C=O) groups excluding carboxylic acids is 2. The third-order valence-corrected chi connectivity index (χ3v) is 3.56. The Morgan fingerprint density at radius 3 is 2.95 bits per heavy atom. The van der Waals surface area contributed by atoms with Crippen LogP contribution in [0.15, 0.2) is 18.3 Å². The number of nitrogens with zero attached hydrogens (tertiary/aromatic N) is 2. The Morgan fingerprint density at radius 1 is 1.41 bits per heavy atom. The Labute approximate surface area is 125 Å². The van der Waals surface area contributed by atoms with E-state index >= 15 is 0 Å². The molecule has 1 aliphatic heterocycles. The zero-order chi connectivity index (χ0) is 15.7. The Kier molecular flexibility index (Phi) is 3.50. The van der Waals surface area contributed by atoms with Gasteiger partial charge in [-0.1, -0.05) is 0 Å². The van der Waals surface area contributed by atoms with E-state index in [1.807, 2.05) is 0 Å². The van der Waals surface area contributed by atoms with Crippen LogP contribution in [0.1, 0.15) is 34.0 Å². The molecular formula is C14H14N4O4. The number of H-pyrrole nitrogens is 1. The first-order valence-electron chi connectivity index (χ1n) is 6.60. The van der Waals surface area contributed by atoms with Crippen LogP contribution in [0.2, 0.25) is 0 Å². The number of aromatic nitrogens is 3. The van der Waals surface area contributed by atoms with Gasteiger partial charge in [0.1, 0.15) is 5.69 Å². The molecule has 2 N–H and O–H groups in total. The number of rotatable bonds is 3. The average molecular weight is 302 g/mol. The molecule has 1 amide bonds. The number of aromatic amines is 1. The SMILES string of the molecule is COC(=O)c1[nH]nc2c1C(c1ccnc(OC)c1)CC(=O)N2. The lowest BCUT2D eigenvalue weighted by Crippen LogP contribution is -2.24. The van der Waals surface area contributed by atoms with Gasteiger partial charge >= 0.3 is 5.97 Å². The molecule has 0 saturated carbocycles. The van der Waals surface area contributed by atoms with Gasteiger partial charge in [0.05, 0.1) is 14.2 Å². The van der Waals surface area contributed by atoms with Crippen LogP contribution >= 0.6 is 0 Å². The number of pyridine rings is 1. The van der Waals surface area contributed by atoms with Gasteiger partial charge in [0.2, 0.25) is 11.8 Å². The minimum absolute atomic E-state index is 0.170. The molecule has 2 aromatic heterocycles. The Hall–Kier alpha value is -2.90. The first-order chi connectivity index (χ1) is 10.6. The maximum absolute atomic E-state index is 11.9. The number of hydrogen-bond acceptors (Lipinski definition) is 6. The molecule has 1 aliphatic rings. The van der Waals surface area contributed by atoms with Crippen molar-refractivity contribution in [2.75, 3.05) is 19.5 Å². The summed E-state index contributed by atoms with van der Waals surface area (Å²) in [5.74, 6) is -0.244. The van der Waals surface area contributed by atoms with Crippen molar-refractivity contribution in [2.24, 2.45) is 0 Å². The molecule has 0 bridgehead atoms. The molecule has 3 rings (SSSR count). The quantitative estimate of drug-likeness (QED) is 0.822. The van der Waals surface area contributed by atoms with Crippen LogP contribution in [0.3, 0.4) is 0 Å². The van der Waals surface area contributed by atoms with E-state index in [-0.39, 0.29) is 23.9 Å².